The summed E-state index contributed by atoms with van der Waals surface area (Å²) in [5, 5.41) is 163. The summed E-state index contributed by atoms with van der Waals surface area (Å²) in [6, 6.07) is 0. The molecule has 0 amide bonds. The third-order valence-electron chi connectivity index (χ3n) is 16.2. The zero-order chi connectivity index (χ0) is 78.5. The van der Waals surface area contributed by atoms with E-state index in [2.05, 4.69) is 29.3 Å². The van der Waals surface area contributed by atoms with E-state index in [1.807, 2.05) is 0 Å². The van der Waals surface area contributed by atoms with Crippen LogP contribution in [0.25, 0.3) is 0 Å². The predicted octanol–water partition coefficient (Wildman–Crippen LogP) is -16.4. The summed E-state index contributed by atoms with van der Waals surface area (Å²) in [5.41, 5.74) is 0. The molecular weight excluding hydrogens is 1620 g/mol. The first-order chi connectivity index (χ1) is 48.2. The minimum atomic E-state index is -5.67. The number of aliphatic hydroxyl groups excluding tert-OH is 14. The highest BCUT2D eigenvalue weighted by Crippen LogP contribution is 2.40. The van der Waals surface area contributed by atoms with Crippen LogP contribution in [0.3, 0.4) is 0 Å². The molecule has 21 rings (SSSR count). The lowest BCUT2D eigenvalue weighted by atomic mass is 9.95. The summed E-state index contributed by atoms with van der Waals surface area (Å²) in [7, 11) is -39.7. The van der Waals surface area contributed by atoms with E-state index in [-0.39, 0.29) is 0 Å². The van der Waals surface area contributed by atoms with Gasteiger partial charge in [0.1, 0.15) is 171 Å². The Morgan fingerprint density at radius 3 is 0.352 bits per heavy atom. The van der Waals surface area contributed by atoms with Gasteiger partial charge < -0.3 is 138 Å². The Hall–Kier alpha value is -2.03. The molecule has 63 heteroatoms. The van der Waals surface area contributed by atoms with Gasteiger partial charge in [0.25, 0.3) is 0 Å². The summed E-state index contributed by atoms with van der Waals surface area (Å²) in [6.45, 7) is -11.6. The molecule has 0 aromatic heterocycles. The second kappa shape index (κ2) is 34.7. The summed E-state index contributed by atoms with van der Waals surface area (Å²) in [4.78, 5) is 0. The van der Waals surface area contributed by atoms with E-state index in [0.29, 0.717) is 0 Å². The molecule has 21 aliphatic heterocycles. The largest absolute Gasteiger partial charge is 0.397 e. The van der Waals surface area contributed by atoms with Gasteiger partial charge in [0.2, 0.25) is 0 Å². The monoisotopic (exact) mass is 1690 g/mol. The summed E-state index contributed by atoms with van der Waals surface area (Å²) < 4.78 is 343. The van der Waals surface area contributed by atoms with E-state index in [1.54, 1.807) is 0 Å². The molecule has 21 N–H and O–H groups in total. The number of rotatable bonds is 21. The van der Waals surface area contributed by atoms with E-state index < -0.39 is 334 Å². The third kappa shape index (κ3) is 23.6. The molecule has 1 unspecified atom stereocenters. The lowest BCUT2D eigenvalue weighted by molar-refractivity contribution is -0.395. The smallest absolute Gasteiger partial charge is 0.387 e. The van der Waals surface area contributed by atoms with Crippen molar-refractivity contribution in [1.82, 2.24) is 0 Å². The molecular formula is C42H70O56S7. The van der Waals surface area contributed by atoms with Crippen LogP contribution in [0, 0.1) is 0 Å². The van der Waals surface area contributed by atoms with Gasteiger partial charge in [-0.15, -0.1) is 0 Å². The van der Waals surface area contributed by atoms with Crippen molar-refractivity contribution in [3.8, 4) is 0 Å². The van der Waals surface area contributed by atoms with Crippen molar-refractivity contribution in [2.45, 2.75) is 215 Å². The fraction of sp³-hybridized carbons (Fsp3) is 1.00. The predicted molar refractivity (Wildman–Crippen MR) is 301 cm³/mol. The zero-order valence-corrected chi connectivity index (χ0v) is 57.4. The highest BCUT2D eigenvalue weighted by Gasteiger charge is 2.61. The molecule has 0 aromatic rings. The second-order valence-corrected chi connectivity index (χ2v) is 31.0. The van der Waals surface area contributed by atoms with E-state index in [9.17, 15) is 162 Å². The lowest BCUT2D eigenvalue weighted by Gasteiger charge is -2.50. The standard InChI is InChI=1S/C42H70O56S7/c43-15-22(50)36-85-8(1-78-99(57,58)59)29(15)92-37-23(51)16(44)31(10(86-37)3-80-101(63,64)65)94-39-25(53)18(46)33(12(88-39)5-82-103(69,70)71)96-41-27(55)20(48)35(14(90-41)7-84-105(75,76)77)98-42-28(56)21(49)34(13(91-42)6-83-104(72,73)74)97-40-26(54)19(47)32(11(89-40)4-81-102(66,67)68)95-38-24(52)17(45)30(93-36)9(87-38)2-79-100(60,61)62/h8-56H,1-7H2,(H,57,58,59)(H,60,61,62)(H,63,64,65)(H,66,67,68)(H,69,70,71)(H,72,73,74)(H,75,76,77)/t8-,9-,10-,11-,12-,13-,14-,15-,16-,17-,18-,19-,20-,21-,22-,23-,24-,25-,26-,27-,28?,29-,30-,31-,32-,33-,34-,35-,36-,37-,38-,39-,40-,41-,42-/m1/s1. The van der Waals surface area contributed by atoms with E-state index in [1.165, 1.54) is 0 Å². The topological polar surface area (TPSA) is 858 Å². The maximum Gasteiger partial charge on any atom is 0.397 e. The van der Waals surface area contributed by atoms with Gasteiger partial charge in [-0.25, -0.2) is 29.3 Å². The van der Waals surface area contributed by atoms with Crippen LogP contribution in [0.5, 0.6) is 0 Å². The SMILES string of the molecule is O=S(=O)(O)OC[C@H]1O[C@@H]2O[C@H]3[C@H](O)[C@@H](O)[C@@H](O[C@H]4[C@H](O)[C@@H](O)[C@@H](O[C@H]5[C@H](O)[C@@H](O)[C@@H](O[C@H]6[C@H](O)[C@@H](O)[C@@H](O[C@H]7[C@H](O)[C@@H](O)[C@@H](O[C@H]8[C@H](O)C(O)[C@@H](O[C@H]1[C@H](O)[C@H]2O)O[C@@H]8COS(=O)(=O)O)O[C@@H]7COS(=O)(=O)O)O[C@@H]6COS(=O)(=O)O)O[C@@H]5COS(=O)(=O)O)O[C@@H]4COS(=O)(=O)O)O[C@@H]3COS(=O)(=O)O. The van der Waals surface area contributed by atoms with Crippen LogP contribution >= 0.6 is 0 Å². The Bertz CT molecular complexity index is 3040. The van der Waals surface area contributed by atoms with Crippen molar-refractivity contribution in [2.24, 2.45) is 0 Å². The second-order valence-electron chi connectivity index (χ2n) is 23.4. The summed E-state index contributed by atoms with van der Waals surface area (Å²) in [6.07, 6.45) is -93.1. The lowest BCUT2D eigenvalue weighted by Crippen LogP contribution is -2.68. The average molecular weight is 1700 g/mol. The Balaban J connectivity index is 1.23. The van der Waals surface area contributed by atoms with Gasteiger partial charge in [-0.1, -0.05) is 0 Å². The molecule has 21 fully saturated rings. The van der Waals surface area contributed by atoms with Gasteiger partial charge in [-0.3, -0.25) is 31.9 Å². The maximum absolute atomic E-state index is 12.0. The van der Waals surface area contributed by atoms with E-state index in [0.717, 1.165) is 0 Å². The Morgan fingerprint density at radius 2 is 0.267 bits per heavy atom. The van der Waals surface area contributed by atoms with Crippen molar-refractivity contribution < 1.29 is 258 Å². The molecule has 0 saturated carbocycles. The van der Waals surface area contributed by atoms with Crippen molar-refractivity contribution in [2.75, 3.05) is 46.2 Å². The van der Waals surface area contributed by atoms with Crippen LogP contribution in [-0.2, 0) is 168 Å². The van der Waals surface area contributed by atoms with Crippen LogP contribution < -0.4 is 0 Å². The minimum Gasteiger partial charge on any atom is -0.387 e. The number of hydrogen-bond acceptors (Lipinski definition) is 49. The zero-order valence-electron chi connectivity index (χ0n) is 51.7. The van der Waals surface area contributed by atoms with Crippen molar-refractivity contribution >= 4 is 72.8 Å². The Kier molecular flexibility index (Phi) is 29.3. The summed E-state index contributed by atoms with van der Waals surface area (Å²) >= 11 is 0. The molecule has 105 heavy (non-hydrogen) atoms. The van der Waals surface area contributed by atoms with Crippen LogP contribution in [-0.4, -0.2) is 423 Å². The van der Waals surface area contributed by atoms with Gasteiger partial charge in [0.05, 0.1) is 46.2 Å². The molecule has 56 nitrogen and oxygen atoms in total. The van der Waals surface area contributed by atoms with Crippen LogP contribution in [0.1, 0.15) is 0 Å². The minimum absolute atomic E-state index is 1.65. The molecule has 0 radical (unpaired) electrons. The first-order valence-electron chi connectivity index (χ1n) is 29.2. The van der Waals surface area contributed by atoms with Gasteiger partial charge >= 0.3 is 72.8 Å². The van der Waals surface area contributed by atoms with Crippen LogP contribution in [0.15, 0.2) is 0 Å². The molecule has 21 aliphatic rings. The molecule has 0 aliphatic carbocycles. The first kappa shape index (κ1) is 88.5. The highest BCUT2D eigenvalue weighted by atomic mass is 32.3. The molecule has 21 heterocycles. The maximum atomic E-state index is 12.0. The van der Waals surface area contributed by atoms with Crippen LogP contribution in [0.4, 0.5) is 0 Å². The van der Waals surface area contributed by atoms with Crippen LogP contribution in [0.2, 0.25) is 0 Å². The van der Waals surface area contributed by atoms with Gasteiger partial charge in [0.15, 0.2) is 44.0 Å². The Labute approximate surface area is 589 Å². The molecule has 21 saturated heterocycles. The normalized spacial score (nSPS) is 44.9. The number of ether oxygens (including phenoxy) is 14. The van der Waals surface area contributed by atoms with Gasteiger partial charge in [-0.2, -0.15) is 58.9 Å². The van der Waals surface area contributed by atoms with Crippen molar-refractivity contribution in [3.05, 3.63) is 0 Å². The quantitative estimate of drug-likeness (QED) is 0.0475. The average Bonchev–Trinajstić information content (AvgIpc) is 0.789. The molecule has 14 bridgehead atoms. The Morgan fingerprint density at radius 1 is 0.171 bits per heavy atom. The van der Waals surface area contributed by atoms with Crippen molar-refractivity contribution in [3.63, 3.8) is 0 Å². The molecule has 35 atom stereocenters. The number of hydrogen-bond donors (Lipinski definition) is 21. The fourth-order valence-corrected chi connectivity index (χ4v) is 13.5. The van der Waals surface area contributed by atoms with E-state index in [4.69, 9.17) is 66.3 Å². The molecule has 616 valence electrons. The fourth-order valence-electron chi connectivity index (χ4n) is 11.4. The molecule has 0 spiro atoms. The first-order valence-corrected chi connectivity index (χ1v) is 38.8. The van der Waals surface area contributed by atoms with Gasteiger partial charge in [0, 0.05) is 0 Å². The van der Waals surface area contributed by atoms with Gasteiger partial charge in [-0.05, 0) is 0 Å². The number of aliphatic hydroxyl groups is 14. The molecule has 0 aromatic carbocycles. The van der Waals surface area contributed by atoms with E-state index >= 15 is 0 Å². The van der Waals surface area contributed by atoms with Crippen molar-refractivity contribution in [1.29, 1.82) is 0 Å². The summed E-state index contributed by atoms with van der Waals surface area (Å²) in [5.74, 6) is 0. The highest BCUT2D eigenvalue weighted by molar-refractivity contribution is 7.82. The third-order valence-corrected chi connectivity index (χ3v) is 19.2.